The van der Waals surface area contributed by atoms with Gasteiger partial charge in [0.2, 0.25) is 6.41 Å². The number of carbonyl (C=O) groups is 1. The maximum absolute atomic E-state index is 10.6. The van der Waals surface area contributed by atoms with Crippen LogP contribution in [0.4, 0.5) is 0 Å². The van der Waals surface area contributed by atoms with Crippen LogP contribution in [0.5, 0.6) is 0 Å². The van der Waals surface area contributed by atoms with Crippen LogP contribution in [0.15, 0.2) is 23.8 Å². The molecule has 2 heteroatoms. The van der Waals surface area contributed by atoms with Gasteiger partial charge in [-0.3, -0.25) is 4.79 Å². The lowest BCUT2D eigenvalue weighted by Crippen LogP contribution is -2.44. The van der Waals surface area contributed by atoms with Crippen LogP contribution in [-0.2, 0) is 4.79 Å². The first-order valence-corrected chi connectivity index (χ1v) is 7.03. The fraction of sp³-hybridized carbons (Fsp3) is 0.688. The first-order valence-electron chi connectivity index (χ1n) is 7.03. The lowest BCUT2D eigenvalue weighted by Gasteiger charge is -2.37. The predicted octanol–water partition coefficient (Wildman–Crippen LogP) is 3.84. The van der Waals surface area contributed by atoms with Gasteiger partial charge in [0.15, 0.2) is 0 Å². The molecule has 18 heavy (non-hydrogen) atoms. The van der Waals surface area contributed by atoms with E-state index >= 15 is 0 Å². The third kappa shape index (κ3) is 4.67. The number of hydrogen-bond acceptors (Lipinski definition) is 1. The van der Waals surface area contributed by atoms with Gasteiger partial charge in [-0.1, -0.05) is 37.6 Å². The second kappa shape index (κ2) is 6.77. The molecule has 0 atom stereocenters. The van der Waals surface area contributed by atoms with Gasteiger partial charge < -0.3 is 5.32 Å². The van der Waals surface area contributed by atoms with Crippen LogP contribution in [0.2, 0.25) is 0 Å². The molecule has 1 aliphatic carbocycles. The van der Waals surface area contributed by atoms with Crippen molar-refractivity contribution < 1.29 is 4.79 Å². The summed E-state index contributed by atoms with van der Waals surface area (Å²) in [4.78, 5) is 10.6. The number of rotatable bonds is 5. The van der Waals surface area contributed by atoms with E-state index in [0.29, 0.717) is 11.8 Å². The van der Waals surface area contributed by atoms with Gasteiger partial charge in [0.1, 0.15) is 0 Å². The molecule has 0 aromatic heterocycles. The number of hydrogen-bond donors (Lipinski definition) is 1. The molecular formula is C16H27NO. The van der Waals surface area contributed by atoms with E-state index in [2.05, 4.69) is 51.2 Å². The van der Waals surface area contributed by atoms with Crippen LogP contribution >= 0.6 is 0 Å². The van der Waals surface area contributed by atoms with Gasteiger partial charge in [-0.2, -0.15) is 0 Å². The highest BCUT2D eigenvalue weighted by Gasteiger charge is 2.30. The van der Waals surface area contributed by atoms with Gasteiger partial charge in [0.05, 0.1) is 0 Å². The van der Waals surface area contributed by atoms with Crippen LogP contribution in [0.3, 0.4) is 0 Å². The molecule has 1 amide bonds. The lowest BCUT2D eigenvalue weighted by atomic mass is 9.75. The summed E-state index contributed by atoms with van der Waals surface area (Å²) < 4.78 is 0. The van der Waals surface area contributed by atoms with Gasteiger partial charge in [-0.05, 0) is 51.4 Å². The predicted molar refractivity (Wildman–Crippen MR) is 77.3 cm³/mol. The van der Waals surface area contributed by atoms with E-state index in [9.17, 15) is 4.79 Å². The minimum Gasteiger partial charge on any atom is -0.354 e. The van der Waals surface area contributed by atoms with Crippen LogP contribution < -0.4 is 5.32 Å². The Labute approximate surface area is 112 Å². The average Bonchev–Trinajstić information content (AvgIpc) is 2.29. The summed E-state index contributed by atoms with van der Waals surface area (Å²) >= 11 is 0. The van der Waals surface area contributed by atoms with E-state index in [1.54, 1.807) is 0 Å². The van der Waals surface area contributed by atoms with Crippen molar-refractivity contribution in [3.8, 4) is 0 Å². The summed E-state index contributed by atoms with van der Waals surface area (Å²) in [7, 11) is 0. The van der Waals surface area contributed by atoms with E-state index in [-0.39, 0.29) is 5.54 Å². The molecule has 0 unspecified atom stereocenters. The van der Waals surface area contributed by atoms with Crippen molar-refractivity contribution >= 4 is 6.41 Å². The van der Waals surface area contributed by atoms with Gasteiger partial charge in [-0.25, -0.2) is 0 Å². The molecule has 1 aliphatic rings. The van der Waals surface area contributed by atoms with Crippen LogP contribution in [0, 0.1) is 11.8 Å². The molecule has 0 aromatic rings. The maximum Gasteiger partial charge on any atom is 0.207 e. The average molecular weight is 249 g/mol. The van der Waals surface area contributed by atoms with Crippen molar-refractivity contribution in [2.45, 2.75) is 58.9 Å². The van der Waals surface area contributed by atoms with Crippen molar-refractivity contribution in [2.24, 2.45) is 11.8 Å². The summed E-state index contributed by atoms with van der Waals surface area (Å²) in [5.41, 5.74) is 1.49. The molecular weight excluding hydrogens is 222 g/mol. The van der Waals surface area contributed by atoms with Crippen molar-refractivity contribution in [3.05, 3.63) is 23.8 Å². The van der Waals surface area contributed by atoms with Gasteiger partial charge >= 0.3 is 0 Å². The minimum absolute atomic E-state index is 0.0201. The Balaban J connectivity index is 2.49. The van der Waals surface area contributed by atoms with Crippen molar-refractivity contribution in [1.82, 2.24) is 5.32 Å². The molecule has 102 valence electrons. The Morgan fingerprint density at radius 1 is 1.33 bits per heavy atom. The first kappa shape index (κ1) is 15.0. The largest absolute Gasteiger partial charge is 0.354 e. The molecule has 1 saturated carbocycles. The normalized spacial score (nSPS) is 29.8. The molecule has 1 N–H and O–H groups in total. The second-order valence-corrected chi connectivity index (χ2v) is 6.14. The minimum atomic E-state index is 0.0201. The fourth-order valence-corrected chi connectivity index (χ4v) is 2.56. The Bertz CT molecular complexity index is 320. The molecule has 0 heterocycles. The van der Waals surface area contributed by atoms with E-state index in [4.69, 9.17) is 0 Å². The molecule has 0 bridgehead atoms. The molecule has 0 radical (unpaired) electrons. The number of nitrogens with one attached hydrogen (secondary N) is 1. The Kier molecular flexibility index (Phi) is 5.64. The molecule has 0 saturated heterocycles. The monoisotopic (exact) mass is 249 g/mol. The highest BCUT2D eigenvalue weighted by atomic mass is 16.1. The summed E-state index contributed by atoms with van der Waals surface area (Å²) in [6.07, 6.45) is 12.0. The van der Waals surface area contributed by atoms with E-state index in [1.807, 2.05) is 0 Å². The highest BCUT2D eigenvalue weighted by molar-refractivity contribution is 5.47. The summed E-state index contributed by atoms with van der Waals surface area (Å²) in [5, 5.41) is 2.96. The van der Waals surface area contributed by atoms with E-state index < -0.39 is 0 Å². The quantitative estimate of drug-likeness (QED) is 0.582. The Morgan fingerprint density at radius 3 is 2.44 bits per heavy atom. The maximum atomic E-state index is 10.6. The van der Waals surface area contributed by atoms with Crippen LogP contribution in [0.25, 0.3) is 0 Å². The molecule has 0 aromatic carbocycles. The highest BCUT2D eigenvalue weighted by Crippen LogP contribution is 2.35. The topological polar surface area (TPSA) is 29.1 Å². The summed E-state index contributed by atoms with van der Waals surface area (Å²) in [6, 6.07) is 0. The second-order valence-electron chi connectivity index (χ2n) is 6.14. The fourth-order valence-electron chi connectivity index (χ4n) is 2.56. The van der Waals surface area contributed by atoms with Crippen molar-refractivity contribution in [3.63, 3.8) is 0 Å². The zero-order chi connectivity index (χ0) is 13.6. The summed E-state index contributed by atoms with van der Waals surface area (Å²) in [5.74, 6) is 1.30. The summed E-state index contributed by atoms with van der Waals surface area (Å²) in [6.45, 7) is 8.76. The van der Waals surface area contributed by atoms with Gasteiger partial charge in [0.25, 0.3) is 0 Å². The van der Waals surface area contributed by atoms with Crippen LogP contribution in [0.1, 0.15) is 53.4 Å². The third-order valence-electron chi connectivity index (χ3n) is 4.00. The molecule has 0 spiro atoms. The van der Waals surface area contributed by atoms with Gasteiger partial charge in [-0.15, -0.1) is 0 Å². The molecule has 2 nitrogen and oxygen atoms in total. The van der Waals surface area contributed by atoms with E-state index in [0.717, 1.165) is 19.3 Å². The van der Waals surface area contributed by atoms with Crippen molar-refractivity contribution in [1.29, 1.82) is 0 Å². The Morgan fingerprint density at radius 2 is 1.94 bits per heavy atom. The Hall–Kier alpha value is -1.05. The lowest BCUT2D eigenvalue weighted by molar-refractivity contribution is -0.111. The zero-order valence-electron chi connectivity index (χ0n) is 12.2. The van der Waals surface area contributed by atoms with Crippen molar-refractivity contribution in [2.75, 3.05) is 0 Å². The third-order valence-corrected chi connectivity index (χ3v) is 4.00. The molecule has 0 aliphatic heterocycles. The molecule has 1 rings (SSSR count). The zero-order valence-corrected chi connectivity index (χ0v) is 12.2. The van der Waals surface area contributed by atoms with Gasteiger partial charge in [0, 0.05) is 5.54 Å². The first-order chi connectivity index (χ1) is 8.47. The number of amides is 1. The standard InChI is InChI=1S/C16H27NO/c1-13(2)6-5-7-14(3)15-8-10-16(4,11-9-15)17-12-18/h5-7,12-13,15H,8-11H2,1-4H3,(H,17,18)/b6-5+,14-7-. The smallest absolute Gasteiger partial charge is 0.207 e. The SMILES string of the molecule is C/C(=C/C=C/C(C)C)C1CCC(C)(NC=O)CC1. The number of carbonyl (C=O) groups excluding carboxylic acids is 1. The number of allylic oxidation sites excluding steroid dienone is 4. The van der Waals surface area contributed by atoms with E-state index in [1.165, 1.54) is 18.4 Å². The van der Waals surface area contributed by atoms with Crippen LogP contribution in [-0.4, -0.2) is 11.9 Å². The molecule has 1 fully saturated rings.